The zero-order valence-electron chi connectivity index (χ0n) is 8.40. The number of thiophene rings is 1. The Morgan fingerprint density at radius 1 is 1.44 bits per heavy atom. The molecule has 0 N–H and O–H groups in total. The molecule has 1 aromatic carbocycles. The largest absolute Gasteiger partial charge is 0.244 e. The van der Waals surface area contributed by atoms with Gasteiger partial charge in [-0.05, 0) is 11.6 Å². The summed E-state index contributed by atoms with van der Waals surface area (Å²) in [5.74, 6) is 0. The van der Waals surface area contributed by atoms with Crippen LogP contribution >= 0.6 is 22.9 Å². The summed E-state index contributed by atoms with van der Waals surface area (Å²) in [7, 11) is -1.72. The van der Waals surface area contributed by atoms with E-state index in [-0.39, 0.29) is 0 Å². The second kappa shape index (κ2) is 3.20. The van der Waals surface area contributed by atoms with Crippen LogP contribution in [0.3, 0.4) is 0 Å². The fraction of sp³-hybridized carbons (Fsp3) is 0.200. The Balaban J connectivity index is 2.52. The van der Waals surface area contributed by atoms with Gasteiger partial charge < -0.3 is 0 Å². The highest BCUT2D eigenvalue weighted by Gasteiger charge is 2.31. The number of hydrogen-bond donors (Lipinski definition) is 0. The van der Waals surface area contributed by atoms with E-state index in [0.717, 1.165) is 15.6 Å². The minimum atomic E-state index is -3.32. The lowest BCUT2D eigenvalue weighted by atomic mass is 10.1. The maximum absolute atomic E-state index is 12.1. The molecule has 16 heavy (non-hydrogen) atoms. The van der Waals surface area contributed by atoms with E-state index in [0.29, 0.717) is 16.5 Å². The quantitative estimate of drug-likeness (QED) is 0.740. The first-order valence-electron chi connectivity index (χ1n) is 4.67. The number of rotatable bonds is 0. The van der Waals surface area contributed by atoms with Crippen molar-refractivity contribution in [2.75, 3.05) is 7.05 Å². The Morgan fingerprint density at radius 3 is 2.94 bits per heavy atom. The van der Waals surface area contributed by atoms with Crippen molar-refractivity contribution in [1.82, 2.24) is 4.31 Å². The summed E-state index contributed by atoms with van der Waals surface area (Å²) in [5.41, 5.74) is 1.02. The fourth-order valence-corrected chi connectivity index (χ4v) is 4.97. The molecular formula is C10H8ClNO2S2. The maximum atomic E-state index is 12.1. The van der Waals surface area contributed by atoms with E-state index in [1.807, 2.05) is 12.1 Å². The molecule has 0 bridgehead atoms. The lowest BCUT2D eigenvalue weighted by molar-refractivity contribution is 0.463. The SMILES string of the molecule is CN1Cc2ccc(Cl)c3scc(c23)S1(=O)=O. The summed E-state index contributed by atoms with van der Waals surface area (Å²) >= 11 is 7.44. The van der Waals surface area contributed by atoms with E-state index >= 15 is 0 Å². The van der Waals surface area contributed by atoms with Crippen LogP contribution in [0.2, 0.25) is 5.02 Å². The van der Waals surface area contributed by atoms with E-state index in [9.17, 15) is 8.42 Å². The lowest BCUT2D eigenvalue weighted by Crippen LogP contribution is -2.29. The van der Waals surface area contributed by atoms with E-state index in [1.165, 1.54) is 15.6 Å². The molecule has 1 aliphatic rings. The number of benzene rings is 1. The molecule has 0 unspecified atom stereocenters. The molecule has 3 nitrogen and oxygen atoms in total. The third-order valence-corrected chi connectivity index (χ3v) is 6.22. The molecule has 0 atom stereocenters. The van der Waals surface area contributed by atoms with Crippen molar-refractivity contribution in [3.8, 4) is 0 Å². The highest BCUT2D eigenvalue weighted by Crippen LogP contribution is 2.41. The van der Waals surface area contributed by atoms with Gasteiger partial charge in [0.05, 0.1) is 9.72 Å². The van der Waals surface area contributed by atoms with Gasteiger partial charge in [0.25, 0.3) is 0 Å². The van der Waals surface area contributed by atoms with Crippen LogP contribution in [0.1, 0.15) is 5.56 Å². The average molecular weight is 274 g/mol. The molecule has 3 rings (SSSR count). The minimum absolute atomic E-state index is 0.388. The lowest BCUT2D eigenvalue weighted by Gasteiger charge is -2.22. The molecule has 2 aromatic rings. The van der Waals surface area contributed by atoms with Crippen molar-refractivity contribution < 1.29 is 8.42 Å². The minimum Gasteiger partial charge on any atom is -0.207 e. The Labute approximate surface area is 102 Å². The maximum Gasteiger partial charge on any atom is 0.244 e. The first-order chi connectivity index (χ1) is 7.51. The fourth-order valence-electron chi connectivity index (χ4n) is 1.97. The third-order valence-electron chi connectivity index (χ3n) is 2.81. The zero-order valence-corrected chi connectivity index (χ0v) is 10.8. The molecule has 0 aliphatic carbocycles. The van der Waals surface area contributed by atoms with Crippen LogP contribution in [0.15, 0.2) is 22.4 Å². The second-order valence-corrected chi connectivity index (χ2v) is 7.07. The Bertz CT molecular complexity index is 690. The van der Waals surface area contributed by atoms with E-state index in [2.05, 4.69) is 0 Å². The monoisotopic (exact) mass is 273 g/mol. The summed E-state index contributed by atoms with van der Waals surface area (Å²) in [6.45, 7) is 0.416. The Morgan fingerprint density at radius 2 is 2.19 bits per heavy atom. The summed E-state index contributed by atoms with van der Waals surface area (Å²) in [4.78, 5) is 0.388. The predicted molar refractivity (Wildman–Crippen MR) is 65.5 cm³/mol. The first-order valence-corrected chi connectivity index (χ1v) is 7.36. The average Bonchev–Trinajstić information content (AvgIpc) is 2.66. The van der Waals surface area contributed by atoms with Crippen LogP contribution in [-0.4, -0.2) is 19.8 Å². The Kier molecular flexibility index (Phi) is 2.10. The van der Waals surface area contributed by atoms with E-state index in [1.54, 1.807) is 12.4 Å². The molecule has 0 amide bonds. The summed E-state index contributed by atoms with van der Waals surface area (Å²) in [5, 5.41) is 3.09. The number of nitrogens with zero attached hydrogens (tertiary/aromatic N) is 1. The molecule has 1 aliphatic heterocycles. The van der Waals surface area contributed by atoms with Crippen LogP contribution in [-0.2, 0) is 16.6 Å². The number of sulfonamides is 1. The number of hydrogen-bond acceptors (Lipinski definition) is 3. The van der Waals surface area contributed by atoms with Gasteiger partial charge in [-0.1, -0.05) is 17.7 Å². The molecule has 0 spiro atoms. The first kappa shape index (κ1) is 10.5. The molecule has 6 heteroatoms. The van der Waals surface area contributed by atoms with Gasteiger partial charge >= 0.3 is 0 Å². The van der Waals surface area contributed by atoms with Crippen molar-refractivity contribution in [3.05, 3.63) is 28.1 Å². The van der Waals surface area contributed by atoms with E-state index in [4.69, 9.17) is 11.6 Å². The van der Waals surface area contributed by atoms with Crippen molar-refractivity contribution in [2.24, 2.45) is 0 Å². The predicted octanol–water partition coefficient (Wildman–Crippen LogP) is 2.69. The van der Waals surface area contributed by atoms with E-state index < -0.39 is 10.0 Å². The summed E-state index contributed by atoms with van der Waals surface area (Å²) in [6.07, 6.45) is 0. The normalized spacial score (nSPS) is 19.1. The number of halogens is 1. The van der Waals surface area contributed by atoms with Gasteiger partial charge in [-0.3, -0.25) is 0 Å². The van der Waals surface area contributed by atoms with Crippen molar-refractivity contribution in [3.63, 3.8) is 0 Å². The molecule has 84 valence electrons. The van der Waals surface area contributed by atoms with Gasteiger partial charge in [0.2, 0.25) is 10.0 Å². The highest BCUT2D eigenvalue weighted by molar-refractivity contribution is 7.89. The molecule has 0 fully saturated rings. The van der Waals surface area contributed by atoms with Crippen LogP contribution < -0.4 is 0 Å². The van der Waals surface area contributed by atoms with Gasteiger partial charge in [0.15, 0.2) is 0 Å². The summed E-state index contributed by atoms with van der Waals surface area (Å²) < 4.78 is 26.3. The smallest absolute Gasteiger partial charge is 0.207 e. The van der Waals surface area contributed by atoms with Gasteiger partial charge in [-0.15, -0.1) is 11.3 Å². The van der Waals surface area contributed by atoms with Gasteiger partial charge in [-0.25, -0.2) is 8.42 Å². The molecule has 2 heterocycles. The molecule has 0 saturated carbocycles. The topological polar surface area (TPSA) is 37.4 Å². The van der Waals surface area contributed by atoms with Crippen LogP contribution in [0.25, 0.3) is 10.1 Å². The van der Waals surface area contributed by atoms with Crippen molar-refractivity contribution in [2.45, 2.75) is 11.4 Å². The molecular weight excluding hydrogens is 266 g/mol. The molecule has 1 aromatic heterocycles. The van der Waals surface area contributed by atoms with Crippen LogP contribution in [0.4, 0.5) is 0 Å². The van der Waals surface area contributed by atoms with Crippen molar-refractivity contribution in [1.29, 1.82) is 0 Å². The summed E-state index contributed by atoms with van der Waals surface area (Å²) in [6, 6.07) is 3.72. The second-order valence-electron chi connectivity index (χ2n) is 3.77. The highest BCUT2D eigenvalue weighted by atomic mass is 35.5. The van der Waals surface area contributed by atoms with Crippen molar-refractivity contribution >= 4 is 43.0 Å². The van der Waals surface area contributed by atoms with Crippen LogP contribution in [0, 0.1) is 0 Å². The standard InChI is InChI=1S/C10H8ClNO2S2/c1-12-4-6-2-3-7(11)10-9(6)8(5-15-10)16(12,13)14/h2-3,5H,4H2,1H3. The molecule has 0 saturated heterocycles. The van der Waals surface area contributed by atoms with Crippen LogP contribution in [0.5, 0.6) is 0 Å². The van der Waals surface area contributed by atoms with Gasteiger partial charge in [-0.2, -0.15) is 4.31 Å². The van der Waals surface area contributed by atoms with Gasteiger partial charge in [0, 0.05) is 24.4 Å². The third kappa shape index (κ3) is 1.20. The Hall–Kier alpha value is -0.620. The molecule has 0 radical (unpaired) electrons. The zero-order chi connectivity index (χ0) is 11.5. The van der Waals surface area contributed by atoms with Gasteiger partial charge in [0.1, 0.15) is 4.90 Å².